The lowest BCUT2D eigenvalue weighted by Crippen LogP contribution is -2.67. The maximum absolute atomic E-state index is 12.6. The van der Waals surface area contributed by atoms with Crippen LogP contribution in [0.2, 0.25) is 0 Å². The summed E-state index contributed by atoms with van der Waals surface area (Å²) in [4.78, 5) is 68.4. The van der Waals surface area contributed by atoms with Crippen LogP contribution in [0.5, 0.6) is 0 Å². The molecule has 4 aliphatic heterocycles. The molecule has 0 spiro atoms. The summed E-state index contributed by atoms with van der Waals surface area (Å²) in [5, 5.41) is 0. The van der Waals surface area contributed by atoms with Crippen LogP contribution in [0.3, 0.4) is 0 Å². The van der Waals surface area contributed by atoms with E-state index in [9.17, 15) is 24.0 Å². The molecule has 4 amide bonds. The van der Waals surface area contributed by atoms with Crippen LogP contribution in [0.4, 0.5) is 19.2 Å². The Morgan fingerprint density at radius 3 is 1.10 bits per heavy atom. The molecular formula is C34H59N5O9. The van der Waals surface area contributed by atoms with Crippen molar-refractivity contribution in [2.75, 3.05) is 26.2 Å². The van der Waals surface area contributed by atoms with Gasteiger partial charge in [-0.1, -0.05) is 0 Å². The predicted octanol–water partition coefficient (Wildman–Crippen LogP) is 4.91. The third-order valence-electron chi connectivity index (χ3n) is 7.89. The summed E-state index contributed by atoms with van der Waals surface area (Å²) in [6, 6.07) is -0.927. The summed E-state index contributed by atoms with van der Waals surface area (Å²) >= 11 is 0. The van der Waals surface area contributed by atoms with Crippen LogP contribution in [0.1, 0.15) is 109 Å². The first-order valence-corrected chi connectivity index (χ1v) is 17.0. The number of amides is 4. The summed E-state index contributed by atoms with van der Waals surface area (Å²) in [6.45, 7) is 23.4. The average molecular weight is 682 g/mol. The zero-order chi connectivity index (χ0) is 36.6. The minimum Gasteiger partial charge on any atom is -0.444 e. The molecular weight excluding hydrogens is 622 g/mol. The van der Waals surface area contributed by atoms with Crippen LogP contribution in [-0.2, 0) is 23.7 Å². The molecule has 4 heterocycles. The van der Waals surface area contributed by atoms with Crippen molar-refractivity contribution >= 4 is 30.2 Å². The van der Waals surface area contributed by atoms with E-state index in [2.05, 4.69) is 0 Å². The van der Waals surface area contributed by atoms with Crippen molar-refractivity contribution in [3.63, 3.8) is 0 Å². The number of carbonyl (C=O) groups is 5. The SMILES string of the molecule is CC(C)(C)OC(=O)N1CC2CC(=O)CC(C1)N2C(=O)OC(C)(C)C.CC(C)(C)OC(=O)N1CC2CC(N)CC(C1)N2C(=O)OC(C)(C)C. The molecule has 2 N–H and O–H groups in total. The van der Waals surface area contributed by atoms with E-state index in [1.807, 2.05) is 83.1 Å². The second-order valence-corrected chi connectivity index (χ2v) is 17.3. The molecule has 14 nitrogen and oxygen atoms in total. The van der Waals surface area contributed by atoms with Gasteiger partial charge in [-0.15, -0.1) is 0 Å². The van der Waals surface area contributed by atoms with Crippen molar-refractivity contribution in [2.24, 2.45) is 5.73 Å². The summed E-state index contributed by atoms with van der Waals surface area (Å²) in [6.07, 6.45) is 0.323. The van der Waals surface area contributed by atoms with Gasteiger partial charge in [-0.3, -0.25) is 14.6 Å². The molecule has 0 radical (unpaired) electrons. The van der Waals surface area contributed by atoms with E-state index in [0.29, 0.717) is 25.9 Å². The largest absolute Gasteiger partial charge is 0.444 e. The number of ketones is 1. The van der Waals surface area contributed by atoms with Gasteiger partial charge in [-0.2, -0.15) is 0 Å². The molecule has 0 aromatic rings. The first-order valence-electron chi connectivity index (χ1n) is 17.0. The molecule has 0 saturated carbocycles. The van der Waals surface area contributed by atoms with E-state index in [1.165, 1.54) is 0 Å². The van der Waals surface area contributed by atoms with Gasteiger partial charge in [0.2, 0.25) is 0 Å². The highest BCUT2D eigenvalue weighted by Gasteiger charge is 2.47. The van der Waals surface area contributed by atoms with E-state index in [1.54, 1.807) is 19.6 Å². The van der Waals surface area contributed by atoms with Gasteiger partial charge < -0.3 is 34.5 Å². The molecule has 0 aromatic carbocycles. The molecule has 4 unspecified atom stereocenters. The van der Waals surface area contributed by atoms with Gasteiger partial charge in [0.15, 0.2) is 0 Å². The van der Waals surface area contributed by atoms with Crippen LogP contribution in [0.15, 0.2) is 0 Å². The monoisotopic (exact) mass is 681 g/mol. The molecule has 0 aromatic heterocycles. The van der Waals surface area contributed by atoms with Crippen LogP contribution in [-0.4, -0.2) is 129 Å². The molecule has 4 saturated heterocycles. The van der Waals surface area contributed by atoms with Crippen molar-refractivity contribution < 1.29 is 42.9 Å². The molecule has 4 atom stereocenters. The fourth-order valence-electron chi connectivity index (χ4n) is 6.40. The quantitative estimate of drug-likeness (QED) is 0.348. The number of nitrogens with zero attached hydrogens (tertiary/aromatic N) is 4. The zero-order valence-electron chi connectivity index (χ0n) is 31.1. The summed E-state index contributed by atoms with van der Waals surface area (Å²) in [5.74, 6) is 0.119. The molecule has 0 aliphatic carbocycles. The van der Waals surface area contributed by atoms with E-state index in [-0.39, 0.29) is 74.1 Å². The van der Waals surface area contributed by atoms with Gasteiger partial charge in [-0.25, -0.2) is 19.2 Å². The normalized spacial score (nSPS) is 26.2. The number of carbonyl (C=O) groups excluding carboxylic acids is 5. The number of hydrogen-bond donors (Lipinski definition) is 1. The first kappa shape index (κ1) is 39.2. The third-order valence-corrected chi connectivity index (χ3v) is 7.89. The Kier molecular flexibility index (Phi) is 11.7. The van der Waals surface area contributed by atoms with E-state index in [4.69, 9.17) is 24.7 Å². The molecule has 274 valence electrons. The highest BCUT2D eigenvalue weighted by molar-refractivity contribution is 5.84. The standard InChI is InChI=1S/C17H31N3O4.C17H28N2O5/c1-16(2,3)23-14(21)19-9-12-7-11(18)8-13(10-19)20(12)15(22)24-17(4,5)6;1-16(2,3)23-14(21)18-9-11-7-13(20)8-12(10-18)19(11)15(22)24-17(4,5)6/h11-13H,7-10,18H2,1-6H3;11-12H,7-10H2,1-6H3. The molecule has 48 heavy (non-hydrogen) atoms. The Bertz CT molecular complexity index is 1180. The second-order valence-electron chi connectivity index (χ2n) is 17.3. The molecule has 4 bridgehead atoms. The van der Waals surface area contributed by atoms with Gasteiger partial charge in [-0.05, 0) is 95.9 Å². The minimum atomic E-state index is -0.600. The highest BCUT2D eigenvalue weighted by atomic mass is 16.6. The topological polar surface area (TPSA) is 161 Å². The van der Waals surface area contributed by atoms with Gasteiger partial charge in [0, 0.05) is 45.1 Å². The molecule has 14 heteroatoms. The molecule has 4 aliphatic rings. The number of hydrogen-bond acceptors (Lipinski definition) is 10. The maximum atomic E-state index is 12.6. The average Bonchev–Trinajstić information content (AvgIpc) is 2.83. The zero-order valence-corrected chi connectivity index (χ0v) is 31.1. The lowest BCUT2D eigenvalue weighted by Gasteiger charge is -2.51. The van der Waals surface area contributed by atoms with Crippen LogP contribution < -0.4 is 5.73 Å². The predicted molar refractivity (Wildman–Crippen MR) is 178 cm³/mol. The van der Waals surface area contributed by atoms with Crippen molar-refractivity contribution in [3.05, 3.63) is 0 Å². The summed E-state index contributed by atoms with van der Waals surface area (Å²) < 4.78 is 21.9. The number of piperazine rings is 2. The fourth-order valence-corrected chi connectivity index (χ4v) is 6.40. The lowest BCUT2D eigenvalue weighted by molar-refractivity contribution is -0.128. The highest BCUT2D eigenvalue weighted by Crippen LogP contribution is 2.32. The van der Waals surface area contributed by atoms with E-state index < -0.39 is 34.6 Å². The Morgan fingerprint density at radius 2 is 0.792 bits per heavy atom. The summed E-state index contributed by atoms with van der Waals surface area (Å²) in [7, 11) is 0. The maximum Gasteiger partial charge on any atom is 0.410 e. The number of rotatable bonds is 0. The Labute approximate surface area is 285 Å². The van der Waals surface area contributed by atoms with Gasteiger partial charge in [0.25, 0.3) is 0 Å². The lowest BCUT2D eigenvalue weighted by atomic mass is 9.88. The second kappa shape index (κ2) is 14.3. The fraction of sp³-hybridized carbons (Fsp3) is 0.853. The third kappa shape index (κ3) is 11.4. The van der Waals surface area contributed by atoms with Crippen LogP contribution >= 0.6 is 0 Å². The summed E-state index contributed by atoms with van der Waals surface area (Å²) in [5.41, 5.74) is 3.86. The van der Waals surface area contributed by atoms with Gasteiger partial charge in [0.05, 0.1) is 24.2 Å². The number of fused-ring (bicyclic) bond motifs is 4. The smallest absolute Gasteiger partial charge is 0.410 e. The van der Waals surface area contributed by atoms with E-state index >= 15 is 0 Å². The van der Waals surface area contributed by atoms with Gasteiger partial charge in [0.1, 0.15) is 28.2 Å². The van der Waals surface area contributed by atoms with E-state index in [0.717, 1.165) is 0 Å². The Morgan fingerprint density at radius 1 is 0.521 bits per heavy atom. The Hall–Kier alpha value is -3.29. The first-order chi connectivity index (χ1) is 21.7. The molecule has 4 fully saturated rings. The van der Waals surface area contributed by atoms with Crippen LogP contribution in [0, 0.1) is 0 Å². The number of nitrogens with two attached hydrogens (primary N) is 1. The minimum absolute atomic E-state index is 0.0412. The number of piperidine rings is 2. The number of ether oxygens (including phenoxy) is 4. The van der Waals surface area contributed by atoms with Crippen molar-refractivity contribution in [2.45, 2.75) is 161 Å². The van der Waals surface area contributed by atoms with Gasteiger partial charge >= 0.3 is 24.4 Å². The number of likely N-dealkylation sites (tertiary alicyclic amines) is 2. The molecule has 4 rings (SSSR count). The number of Topliss-reactive ketones (excluding diaryl/α,β-unsaturated/α-hetero) is 1. The Balaban J connectivity index is 0.000000260. The van der Waals surface area contributed by atoms with Crippen molar-refractivity contribution in [1.82, 2.24) is 19.6 Å². The van der Waals surface area contributed by atoms with Crippen LogP contribution in [0.25, 0.3) is 0 Å². The van der Waals surface area contributed by atoms with Crippen molar-refractivity contribution in [1.29, 1.82) is 0 Å². The van der Waals surface area contributed by atoms with Crippen molar-refractivity contribution in [3.8, 4) is 0 Å².